The zero-order valence-electron chi connectivity index (χ0n) is 15.9. The van der Waals surface area contributed by atoms with Crippen molar-refractivity contribution in [1.29, 1.82) is 0 Å². The molecule has 3 amide bonds. The third kappa shape index (κ3) is 5.28. The third-order valence-electron chi connectivity index (χ3n) is 5.48. The minimum atomic E-state index is -0.380. The van der Waals surface area contributed by atoms with E-state index in [1.165, 1.54) is 24.3 Å². The summed E-state index contributed by atoms with van der Waals surface area (Å²) in [6, 6.07) is 5.57. The molecule has 28 heavy (non-hydrogen) atoms. The van der Waals surface area contributed by atoms with E-state index in [9.17, 15) is 18.8 Å². The monoisotopic (exact) mass is 390 g/mol. The number of likely N-dealkylation sites (tertiary alicyclic amines) is 2. The van der Waals surface area contributed by atoms with Crippen molar-refractivity contribution in [3.8, 4) is 0 Å². The standard InChI is InChI=1S/C20H27FN4O3/c21-16-5-3-14(4-6-16)20(28)25-9-1-2-15(12-25)19(27)23-17-7-10-24(11-8-17)13-18(22)26/h3-6,15,17H,1-2,7-13H2,(H2,22,26)(H,23,27). The van der Waals surface area contributed by atoms with Gasteiger partial charge in [0.1, 0.15) is 5.82 Å². The first-order valence-corrected chi connectivity index (χ1v) is 9.78. The Labute approximate surface area is 164 Å². The van der Waals surface area contributed by atoms with Gasteiger partial charge in [0.15, 0.2) is 0 Å². The number of piperidine rings is 2. The molecule has 2 fully saturated rings. The number of rotatable bonds is 5. The van der Waals surface area contributed by atoms with Crippen LogP contribution in [0.25, 0.3) is 0 Å². The van der Waals surface area contributed by atoms with Gasteiger partial charge in [0, 0.05) is 37.8 Å². The van der Waals surface area contributed by atoms with E-state index in [4.69, 9.17) is 5.73 Å². The number of hydrogen-bond acceptors (Lipinski definition) is 4. The number of nitrogens with zero attached hydrogens (tertiary/aromatic N) is 2. The van der Waals surface area contributed by atoms with Gasteiger partial charge in [0.05, 0.1) is 12.5 Å². The molecule has 0 spiro atoms. The van der Waals surface area contributed by atoms with Crippen LogP contribution < -0.4 is 11.1 Å². The number of benzene rings is 1. The van der Waals surface area contributed by atoms with Gasteiger partial charge in [-0.3, -0.25) is 19.3 Å². The molecule has 1 unspecified atom stereocenters. The van der Waals surface area contributed by atoms with Gasteiger partial charge in [0.25, 0.3) is 5.91 Å². The van der Waals surface area contributed by atoms with Crippen molar-refractivity contribution in [3.63, 3.8) is 0 Å². The summed E-state index contributed by atoms with van der Waals surface area (Å²) in [4.78, 5) is 40.0. The molecule has 2 saturated heterocycles. The van der Waals surface area contributed by atoms with Gasteiger partial charge in [-0.15, -0.1) is 0 Å². The second-order valence-electron chi connectivity index (χ2n) is 7.62. The van der Waals surface area contributed by atoms with Gasteiger partial charge in [0.2, 0.25) is 11.8 Å². The van der Waals surface area contributed by atoms with E-state index in [2.05, 4.69) is 5.32 Å². The lowest BCUT2D eigenvalue weighted by Gasteiger charge is -2.35. The highest BCUT2D eigenvalue weighted by Gasteiger charge is 2.31. The first-order chi connectivity index (χ1) is 13.4. The summed E-state index contributed by atoms with van der Waals surface area (Å²) in [5.41, 5.74) is 5.66. The molecule has 2 heterocycles. The highest BCUT2D eigenvalue weighted by molar-refractivity contribution is 5.94. The zero-order valence-corrected chi connectivity index (χ0v) is 15.9. The lowest BCUT2D eigenvalue weighted by molar-refractivity contribution is -0.127. The fourth-order valence-electron chi connectivity index (χ4n) is 3.93. The van der Waals surface area contributed by atoms with Crippen molar-refractivity contribution in [3.05, 3.63) is 35.6 Å². The Bertz CT molecular complexity index is 717. The lowest BCUT2D eigenvalue weighted by atomic mass is 9.95. The average molecular weight is 390 g/mol. The summed E-state index contributed by atoms with van der Waals surface area (Å²) in [7, 11) is 0. The van der Waals surface area contributed by atoms with Crippen molar-refractivity contribution in [2.24, 2.45) is 11.7 Å². The van der Waals surface area contributed by atoms with Crippen LogP contribution in [0.2, 0.25) is 0 Å². The molecule has 1 atom stereocenters. The molecular weight excluding hydrogens is 363 g/mol. The maximum Gasteiger partial charge on any atom is 0.253 e. The molecule has 7 nitrogen and oxygen atoms in total. The summed E-state index contributed by atoms with van der Waals surface area (Å²) < 4.78 is 13.1. The van der Waals surface area contributed by atoms with E-state index >= 15 is 0 Å². The van der Waals surface area contributed by atoms with E-state index in [0.29, 0.717) is 18.7 Å². The van der Waals surface area contributed by atoms with E-state index < -0.39 is 0 Å². The molecule has 0 radical (unpaired) electrons. The van der Waals surface area contributed by atoms with Gasteiger partial charge in [-0.2, -0.15) is 0 Å². The topological polar surface area (TPSA) is 95.7 Å². The average Bonchev–Trinajstić information content (AvgIpc) is 2.69. The predicted molar refractivity (Wildman–Crippen MR) is 102 cm³/mol. The van der Waals surface area contributed by atoms with E-state index in [-0.39, 0.29) is 42.0 Å². The molecule has 0 bridgehead atoms. The molecule has 0 saturated carbocycles. The molecule has 152 valence electrons. The summed E-state index contributed by atoms with van der Waals surface area (Å²) in [6.07, 6.45) is 3.08. The second kappa shape index (κ2) is 9.14. The van der Waals surface area contributed by atoms with Crippen molar-refractivity contribution in [2.45, 2.75) is 31.7 Å². The van der Waals surface area contributed by atoms with Gasteiger partial charge in [-0.25, -0.2) is 4.39 Å². The zero-order chi connectivity index (χ0) is 20.1. The highest BCUT2D eigenvalue weighted by atomic mass is 19.1. The van der Waals surface area contributed by atoms with Crippen molar-refractivity contribution < 1.29 is 18.8 Å². The molecule has 0 aromatic heterocycles. The Morgan fingerprint density at radius 3 is 2.39 bits per heavy atom. The van der Waals surface area contributed by atoms with Crippen LogP contribution in [0.4, 0.5) is 4.39 Å². The third-order valence-corrected chi connectivity index (χ3v) is 5.48. The number of amides is 3. The normalized spacial score (nSPS) is 21.3. The number of hydrogen-bond donors (Lipinski definition) is 2. The second-order valence-corrected chi connectivity index (χ2v) is 7.62. The van der Waals surface area contributed by atoms with Crippen LogP contribution >= 0.6 is 0 Å². The maximum atomic E-state index is 13.1. The molecule has 3 rings (SSSR count). The van der Waals surface area contributed by atoms with Crippen LogP contribution in [0, 0.1) is 11.7 Å². The Morgan fingerprint density at radius 2 is 1.75 bits per heavy atom. The van der Waals surface area contributed by atoms with Crippen LogP contribution in [-0.2, 0) is 9.59 Å². The fourth-order valence-corrected chi connectivity index (χ4v) is 3.93. The van der Waals surface area contributed by atoms with Gasteiger partial charge in [-0.05, 0) is 49.9 Å². The summed E-state index contributed by atoms with van der Waals surface area (Å²) in [6.45, 7) is 2.69. The number of carbonyl (C=O) groups is 3. The molecular formula is C20H27FN4O3. The van der Waals surface area contributed by atoms with E-state index in [1.807, 2.05) is 4.90 Å². The highest BCUT2D eigenvalue weighted by Crippen LogP contribution is 2.20. The minimum absolute atomic E-state index is 0.0232. The predicted octanol–water partition coefficient (Wildman–Crippen LogP) is 0.744. The van der Waals surface area contributed by atoms with Crippen LogP contribution in [0.5, 0.6) is 0 Å². The number of carbonyl (C=O) groups excluding carboxylic acids is 3. The van der Waals surface area contributed by atoms with Gasteiger partial charge >= 0.3 is 0 Å². The number of nitrogens with two attached hydrogens (primary N) is 1. The quantitative estimate of drug-likeness (QED) is 0.775. The van der Waals surface area contributed by atoms with Gasteiger partial charge < -0.3 is 16.0 Å². The molecule has 1 aromatic carbocycles. The largest absolute Gasteiger partial charge is 0.369 e. The minimum Gasteiger partial charge on any atom is -0.369 e. The first kappa shape index (κ1) is 20.3. The maximum absolute atomic E-state index is 13.1. The number of halogens is 1. The van der Waals surface area contributed by atoms with Crippen LogP contribution in [0.3, 0.4) is 0 Å². The van der Waals surface area contributed by atoms with Crippen LogP contribution in [0.15, 0.2) is 24.3 Å². The summed E-state index contributed by atoms with van der Waals surface area (Å²) in [5.74, 6) is -1.14. The molecule has 0 aliphatic carbocycles. The SMILES string of the molecule is NC(=O)CN1CCC(NC(=O)C2CCCN(C(=O)c3ccc(F)cc3)C2)CC1. The molecule has 8 heteroatoms. The smallest absolute Gasteiger partial charge is 0.253 e. The van der Waals surface area contributed by atoms with Crippen LogP contribution in [-0.4, -0.2) is 66.3 Å². The van der Waals surface area contributed by atoms with E-state index in [0.717, 1.165) is 38.8 Å². The van der Waals surface area contributed by atoms with Crippen LogP contribution in [0.1, 0.15) is 36.0 Å². The van der Waals surface area contributed by atoms with Gasteiger partial charge in [-0.1, -0.05) is 0 Å². The Kier molecular flexibility index (Phi) is 6.61. The fraction of sp³-hybridized carbons (Fsp3) is 0.550. The summed E-state index contributed by atoms with van der Waals surface area (Å²) in [5, 5.41) is 3.10. The Morgan fingerprint density at radius 1 is 1.07 bits per heavy atom. The Balaban J connectivity index is 1.50. The van der Waals surface area contributed by atoms with Crippen molar-refractivity contribution >= 4 is 17.7 Å². The molecule has 2 aliphatic rings. The van der Waals surface area contributed by atoms with Crippen molar-refractivity contribution in [2.75, 3.05) is 32.7 Å². The first-order valence-electron chi connectivity index (χ1n) is 9.78. The summed E-state index contributed by atoms with van der Waals surface area (Å²) >= 11 is 0. The Hall–Kier alpha value is -2.48. The molecule has 3 N–H and O–H groups in total. The molecule has 2 aliphatic heterocycles. The molecule has 1 aromatic rings. The number of primary amides is 1. The van der Waals surface area contributed by atoms with Crippen molar-refractivity contribution in [1.82, 2.24) is 15.1 Å². The lowest BCUT2D eigenvalue weighted by Crippen LogP contribution is -2.50. The van der Waals surface area contributed by atoms with E-state index in [1.54, 1.807) is 4.90 Å². The number of nitrogens with one attached hydrogen (secondary N) is 1.